The lowest BCUT2D eigenvalue weighted by atomic mass is 10.0. The van der Waals surface area contributed by atoms with E-state index in [0.29, 0.717) is 33.9 Å². The molecule has 0 unspecified atom stereocenters. The van der Waals surface area contributed by atoms with Gasteiger partial charge < -0.3 is 10.3 Å². The van der Waals surface area contributed by atoms with E-state index in [9.17, 15) is 9.59 Å². The summed E-state index contributed by atoms with van der Waals surface area (Å²) in [5.41, 5.74) is 4.65. The van der Waals surface area contributed by atoms with Crippen LogP contribution in [0.2, 0.25) is 0 Å². The molecule has 0 radical (unpaired) electrons. The van der Waals surface area contributed by atoms with Gasteiger partial charge in [0.1, 0.15) is 11.8 Å². The third-order valence-electron chi connectivity index (χ3n) is 4.57. The first-order valence-electron chi connectivity index (χ1n) is 8.82. The van der Waals surface area contributed by atoms with Gasteiger partial charge in [0, 0.05) is 11.3 Å². The number of rotatable bonds is 4. The van der Waals surface area contributed by atoms with E-state index in [2.05, 4.69) is 26.3 Å². The number of fused-ring (bicyclic) bond motifs is 1. The Bertz CT molecular complexity index is 1320. The number of carbonyl (C=O) groups excluding carboxylic acids is 1. The van der Waals surface area contributed by atoms with Gasteiger partial charge in [0.25, 0.3) is 0 Å². The molecule has 0 saturated carbocycles. The van der Waals surface area contributed by atoms with Gasteiger partial charge in [0.15, 0.2) is 5.65 Å². The topological polar surface area (TPSA) is 116 Å². The summed E-state index contributed by atoms with van der Waals surface area (Å²) < 4.78 is 1.49. The van der Waals surface area contributed by atoms with Gasteiger partial charge in [-0.3, -0.25) is 4.79 Å². The molecule has 2 N–H and O–H groups in total. The number of aromatic amines is 1. The quantitative estimate of drug-likeness (QED) is 0.522. The third-order valence-corrected chi connectivity index (χ3v) is 4.57. The molecule has 142 valence electrons. The highest BCUT2D eigenvalue weighted by Crippen LogP contribution is 2.23. The predicted octanol–water partition coefficient (Wildman–Crippen LogP) is 3.15. The number of aryl methyl sites for hydroxylation is 2. The van der Waals surface area contributed by atoms with Crippen LogP contribution in [0.25, 0.3) is 16.9 Å². The van der Waals surface area contributed by atoms with Crippen LogP contribution in [-0.4, -0.2) is 25.8 Å². The van der Waals surface area contributed by atoms with Crippen molar-refractivity contribution in [2.45, 2.75) is 13.8 Å². The molecule has 29 heavy (non-hydrogen) atoms. The summed E-state index contributed by atoms with van der Waals surface area (Å²) in [7, 11) is 0. The summed E-state index contributed by atoms with van der Waals surface area (Å²) in [6, 6.07) is 12.4. The lowest BCUT2D eigenvalue weighted by Gasteiger charge is -2.12. The van der Waals surface area contributed by atoms with Gasteiger partial charge in [-0.05, 0) is 61.4 Å². The van der Waals surface area contributed by atoms with E-state index < -0.39 is 0 Å². The van der Waals surface area contributed by atoms with Gasteiger partial charge in [-0.1, -0.05) is 0 Å². The lowest BCUT2D eigenvalue weighted by molar-refractivity contribution is 0.112. The Kier molecular flexibility index (Phi) is 4.41. The summed E-state index contributed by atoms with van der Waals surface area (Å²) in [4.78, 5) is 35.3. The Morgan fingerprint density at radius 2 is 1.86 bits per heavy atom. The maximum absolute atomic E-state index is 12.7. The molecule has 2 heterocycles. The highest BCUT2D eigenvalue weighted by molar-refractivity contribution is 5.79. The number of nitrogens with one attached hydrogen (secondary N) is 2. The molecule has 0 spiro atoms. The van der Waals surface area contributed by atoms with Crippen LogP contribution >= 0.6 is 0 Å². The summed E-state index contributed by atoms with van der Waals surface area (Å²) >= 11 is 0. The van der Waals surface area contributed by atoms with E-state index in [1.165, 1.54) is 10.8 Å². The number of nitriles is 1. The molecule has 2 aromatic heterocycles. The molecule has 0 bridgehead atoms. The second-order valence-corrected chi connectivity index (χ2v) is 6.63. The average molecular weight is 384 g/mol. The smallest absolute Gasteiger partial charge is 0.324 e. The summed E-state index contributed by atoms with van der Waals surface area (Å²) in [6.07, 6.45) is 2.32. The van der Waals surface area contributed by atoms with Gasteiger partial charge in [0.2, 0.25) is 5.95 Å². The minimum Gasteiger partial charge on any atom is -0.324 e. The van der Waals surface area contributed by atoms with Crippen molar-refractivity contribution in [2.75, 3.05) is 5.32 Å². The second-order valence-electron chi connectivity index (χ2n) is 6.63. The molecule has 0 aliphatic heterocycles. The van der Waals surface area contributed by atoms with Crippen LogP contribution in [0.4, 0.5) is 11.6 Å². The zero-order valence-corrected chi connectivity index (χ0v) is 15.7. The normalized spacial score (nSPS) is 10.7. The Morgan fingerprint density at radius 3 is 2.48 bits per heavy atom. The number of anilines is 2. The molecule has 0 atom stereocenters. The summed E-state index contributed by atoms with van der Waals surface area (Å²) in [5, 5.41) is 12.0. The van der Waals surface area contributed by atoms with Crippen LogP contribution in [0.5, 0.6) is 0 Å². The number of H-pyrrole nitrogens is 1. The maximum Gasteiger partial charge on any atom is 0.332 e. The molecule has 0 fully saturated rings. The van der Waals surface area contributed by atoms with Gasteiger partial charge >= 0.3 is 5.69 Å². The van der Waals surface area contributed by atoms with E-state index in [1.807, 2.05) is 13.8 Å². The number of nitrogens with zero attached hydrogens (tertiary/aromatic N) is 4. The second kappa shape index (κ2) is 7.05. The number of imidazole rings is 1. The van der Waals surface area contributed by atoms with E-state index in [0.717, 1.165) is 23.1 Å². The number of hydrogen-bond donors (Lipinski definition) is 2. The molecular formula is C21H16N6O2. The Balaban J connectivity index is 1.83. The Labute approximate surface area is 165 Å². The van der Waals surface area contributed by atoms with Crippen molar-refractivity contribution in [1.29, 1.82) is 5.26 Å². The number of hydrogen-bond acceptors (Lipinski definition) is 6. The Morgan fingerprint density at radius 1 is 1.17 bits per heavy atom. The molecule has 4 aromatic rings. The molecule has 2 aromatic carbocycles. The highest BCUT2D eigenvalue weighted by Gasteiger charge is 2.16. The average Bonchev–Trinajstić information content (AvgIpc) is 3.03. The first-order valence-corrected chi connectivity index (χ1v) is 8.82. The van der Waals surface area contributed by atoms with Crippen LogP contribution in [0.15, 0.2) is 47.4 Å². The third kappa shape index (κ3) is 3.26. The highest BCUT2D eigenvalue weighted by atomic mass is 16.1. The lowest BCUT2D eigenvalue weighted by Crippen LogP contribution is -2.17. The monoisotopic (exact) mass is 384 g/mol. The van der Waals surface area contributed by atoms with Crippen molar-refractivity contribution in [2.24, 2.45) is 0 Å². The maximum atomic E-state index is 12.7. The van der Waals surface area contributed by atoms with E-state index in [4.69, 9.17) is 5.26 Å². The number of aldehydes is 1. The molecule has 4 rings (SSSR count). The van der Waals surface area contributed by atoms with Gasteiger partial charge in [0.05, 0.1) is 23.5 Å². The molecule has 8 heteroatoms. The standard InChI is InChI=1S/C21H16N6O2/c1-12-7-15(11-28)8-13(2)18(12)27-19-17(25-21(27)29)10-23-20(26-19)24-16-5-3-14(9-22)4-6-16/h3-8,10-11H,1-2H3,(H,25,29)(H,23,24,26). The summed E-state index contributed by atoms with van der Waals surface area (Å²) in [5.74, 6) is 0.315. The fourth-order valence-corrected chi connectivity index (χ4v) is 3.33. The van der Waals surface area contributed by atoms with Crippen molar-refractivity contribution in [3.63, 3.8) is 0 Å². The molecule has 0 aliphatic carbocycles. The molecule has 8 nitrogen and oxygen atoms in total. The first-order chi connectivity index (χ1) is 14.0. The first kappa shape index (κ1) is 18.1. The molecular weight excluding hydrogens is 368 g/mol. The van der Waals surface area contributed by atoms with Gasteiger partial charge in [-0.15, -0.1) is 0 Å². The number of benzene rings is 2. The van der Waals surface area contributed by atoms with Gasteiger partial charge in [-0.2, -0.15) is 10.2 Å². The van der Waals surface area contributed by atoms with Crippen molar-refractivity contribution >= 4 is 29.1 Å². The van der Waals surface area contributed by atoms with Crippen LogP contribution in [0.3, 0.4) is 0 Å². The predicted molar refractivity (Wildman–Crippen MR) is 109 cm³/mol. The van der Waals surface area contributed by atoms with Crippen LogP contribution in [0, 0.1) is 25.2 Å². The summed E-state index contributed by atoms with van der Waals surface area (Å²) in [6.45, 7) is 3.69. The zero-order chi connectivity index (χ0) is 20.5. The minimum atomic E-state index is -0.338. The number of aromatic nitrogens is 4. The van der Waals surface area contributed by atoms with Crippen LogP contribution in [-0.2, 0) is 0 Å². The minimum absolute atomic E-state index is 0.315. The van der Waals surface area contributed by atoms with Gasteiger partial charge in [-0.25, -0.2) is 14.3 Å². The fraction of sp³-hybridized carbons (Fsp3) is 0.0952. The molecule has 0 aliphatic rings. The largest absolute Gasteiger partial charge is 0.332 e. The van der Waals surface area contributed by atoms with E-state index in [-0.39, 0.29) is 5.69 Å². The van der Waals surface area contributed by atoms with Crippen LogP contribution < -0.4 is 11.0 Å². The van der Waals surface area contributed by atoms with Crippen molar-refractivity contribution in [1.82, 2.24) is 19.5 Å². The van der Waals surface area contributed by atoms with E-state index >= 15 is 0 Å². The van der Waals surface area contributed by atoms with Crippen molar-refractivity contribution in [3.05, 3.63) is 75.3 Å². The zero-order valence-electron chi connectivity index (χ0n) is 15.7. The van der Waals surface area contributed by atoms with Crippen LogP contribution in [0.1, 0.15) is 27.0 Å². The van der Waals surface area contributed by atoms with Crippen molar-refractivity contribution in [3.8, 4) is 11.8 Å². The van der Waals surface area contributed by atoms with E-state index in [1.54, 1.807) is 36.4 Å². The fourth-order valence-electron chi connectivity index (χ4n) is 3.33. The Hall–Kier alpha value is -4.25. The SMILES string of the molecule is Cc1cc(C=O)cc(C)c1-n1c(=O)[nH]c2cnc(Nc3ccc(C#N)cc3)nc21. The molecule has 0 amide bonds. The molecule has 0 saturated heterocycles. The number of carbonyl (C=O) groups is 1. The van der Waals surface area contributed by atoms with Crippen molar-refractivity contribution < 1.29 is 4.79 Å².